The Kier molecular flexibility index (Phi) is 6.91. The minimum absolute atomic E-state index is 0.0120. The number of likely N-dealkylation sites (tertiary alicyclic amines) is 1. The Morgan fingerprint density at radius 3 is 2.42 bits per heavy atom. The zero-order valence-corrected chi connectivity index (χ0v) is 21.7. The summed E-state index contributed by atoms with van der Waals surface area (Å²) in [5, 5.41) is 17.7. The number of nitriles is 1. The highest BCUT2D eigenvalue weighted by Gasteiger charge is 2.45. The van der Waals surface area contributed by atoms with Crippen LogP contribution in [0.15, 0.2) is 71.1 Å². The SMILES string of the molecule is CC(C)(F)[C@H](c1cc(F)cc(C#N)c1)C1CN([C@@H](c2ccc(Cl)cc2)c2cccc(-c3nnc(N)o3)c2)C1. The molecule has 5 rings (SSSR count). The highest BCUT2D eigenvalue weighted by atomic mass is 35.5. The molecule has 194 valence electrons. The summed E-state index contributed by atoms with van der Waals surface area (Å²) in [6.07, 6.45) is 0. The molecule has 9 heteroatoms. The van der Waals surface area contributed by atoms with E-state index in [9.17, 15) is 9.65 Å². The van der Waals surface area contributed by atoms with E-state index >= 15 is 4.39 Å². The third-order valence-corrected chi connectivity index (χ3v) is 7.25. The average molecular weight is 534 g/mol. The summed E-state index contributed by atoms with van der Waals surface area (Å²) in [4.78, 5) is 2.25. The number of rotatable bonds is 7. The van der Waals surface area contributed by atoms with Crippen LogP contribution in [0, 0.1) is 23.1 Å². The van der Waals surface area contributed by atoms with E-state index < -0.39 is 17.4 Å². The van der Waals surface area contributed by atoms with Gasteiger partial charge in [-0.05, 0) is 78.9 Å². The van der Waals surface area contributed by atoms with Crippen LogP contribution in [0.5, 0.6) is 0 Å². The van der Waals surface area contributed by atoms with Crippen LogP contribution in [0.2, 0.25) is 5.02 Å². The van der Waals surface area contributed by atoms with Gasteiger partial charge in [-0.25, -0.2) is 8.78 Å². The molecule has 2 N–H and O–H groups in total. The summed E-state index contributed by atoms with van der Waals surface area (Å²) < 4.78 is 35.3. The maximum atomic E-state index is 15.6. The molecule has 3 aromatic carbocycles. The lowest BCUT2D eigenvalue weighted by Crippen LogP contribution is -2.53. The third kappa shape index (κ3) is 5.26. The molecule has 2 heterocycles. The molecule has 0 spiro atoms. The normalized spacial score (nSPS) is 16.0. The van der Waals surface area contributed by atoms with Crippen molar-refractivity contribution in [2.45, 2.75) is 31.5 Å². The maximum absolute atomic E-state index is 15.6. The first-order valence-corrected chi connectivity index (χ1v) is 12.6. The van der Waals surface area contributed by atoms with Crippen molar-refractivity contribution in [2.24, 2.45) is 5.92 Å². The molecule has 1 aliphatic heterocycles. The molecular formula is C29H26ClF2N5O. The van der Waals surface area contributed by atoms with Gasteiger partial charge in [-0.15, -0.1) is 5.10 Å². The van der Waals surface area contributed by atoms with E-state index in [1.54, 1.807) is 6.07 Å². The second-order valence-corrected chi connectivity index (χ2v) is 10.6. The summed E-state index contributed by atoms with van der Waals surface area (Å²) in [6, 6.07) is 21.3. The Morgan fingerprint density at radius 2 is 1.79 bits per heavy atom. The molecule has 0 bridgehead atoms. The van der Waals surface area contributed by atoms with Crippen molar-refractivity contribution < 1.29 is 13.2 Å². The lowest BCUT2D eigenvalue weighted by atomic mass is 9.72. The quantitative estimate of drug-likeness (QED) is 0.290. The van der Waals surface area contributed by atoms with E-state index in [0.29, 0.717) is 29.6 Å². The van der Waals surface area contributed by atoms with E-state index in [-0.39, 0.29) is 23.5 Å². The van der Waals surface area contributed by atoms with Crippen LogP contribution in [0.3, 0.4) is 0 Å². The third-order valence-electron chi connectivity index (χ3n) is 7.00. The molecule has 1 fully saturated rings. The van der Waals surface area contributed by atoms with Crippen molar-refractivity contribution >= 4 is 17.6 Å². The van der Waals surface area contributed by atoms with Crippen LogP contribution in [0.1, 0.15) is 48.1 Å². The van der Waals surface area contributed by atoms with Gasteiger partial charge in [-0.1, -0.05) is 41.0 Å². The Balaban J connectivity index is 1.48. The van der Waals surface area contributed by atoms with Crippen molar-refractivity contribution in [1.29, 1.82) is 5.26 Å². The fourth-order valence-corrected chi connectivity index (χ4v) is 5.63. The number of nitrogen functional groups attached to an aromatic ring is 1. The van der Waals surface area contributed by atoms with Gasteiger partial charge in [0.15, 0.2) is 0 Å². The zero-order chi connectivity index (χ0) is 27.0. The van der Waals surface area contributed by atoms with Gasteiger partial charge in [0.1, 0.15) is 11.5 Å². The number of nitrogens with two attached hydrogens (primary N) is 1. The first-order valence-electron chi connectivity index (χ1n) is 12.2. The Bertz CT molecular complexity index is 1490. The highest BCUT2D eigenvalue weighted by Crippen LogP contribution is 2.46. The maximum Gasteiger partial charge on any atom is 0.313 e. The Morgan fingerprint density at radius 1 is 1.05 bits per heavy atom. The van der Waals surface area contributed by atoms with Crippen LogP contribution < -0.4 is 5.73 Å². The fourth-order valence-electron chi connectivity index (χ4n) is 5.51. The predicted octanol–water partition coefficient (Wildman–Crippen LogP) is 6.54. The van der Waals surface area contributed by atoms with Gasteiger partial charge in [0.25, 0.3) is 0 Å². The van der Waals surface area contributed by atoms with Crippen molar-refractivity contribution in [3.63, 3.8) is 0 Å². The molecule has 0 radical (unpaired) electrons. The van der Waals surface area contributed by atoms with Crippen LogP contribution in [-0.2, 0) is 0 Å². The van der Waals surface area contributed by atoms with Gasteiger partial charge in [0.2, 0.25) is 5.89 Å². The minimum atomic E-state index is -1.62. The molecule has 38 heavy (non-hydrogen) atoms. The van der Waals surface area contributed by atoms with Gasteiger partial charge in [0, 0.05) is 29.6 Å². The molecule has 1 aliphatic rings. The van der Waals surface area contributed by atoms with E-state index in [0.717, 1.165) is 16.7 Å². The molecular weight excluding hydrogens is 508 g/mol. The number of hydrogen-bond donors (Lipinski definition) is 1. The topological polar surface area (TPSA) is 92.0 Å². The van der Waals surface area contributed by atoms with E-state index in [4.69, 9.17) is 21.8 Å². The summed E-state index contributed by atoms with van der Waals surface area (Å²) >= 11 is 6.17. The molecule has 0 unspecified atom stereocenters. The monoisotopic (exact) mass is 533 g/mol. The van der Waals surface area contributed by atoms with Crippen molar-refractivity contribution in [1.82, 2.24) is 15.1 Å². The molecule has 1 saturated heterocycles. The van der Waals surface area contributed by atoms with Crippen molar-refractivity contribution in [3.05, 3.63) is 99.8 Å². The Labute approximate surface area is 224 Å². The van der Waals surface area contributed by atoms with Crippen molar-refractivity contribution in [3.8, 4) is 17.5 Å². The molecule has 4 aromatic rings. The Hall–Kier alpha value is -3.80. The lowest BCUT2D eigenvalue weighted by molar-refractivity contribution is 0.00813. The number of hydrogen-bond acceptors (Lipinski definition) is 6. The molecule has 0 saturated carbocycles. The number of anilines is 1. The lowest BCUT2D eigenvalue weighted by Gasteiger charge is -2.50. The van der Waals surface area contributed by atoms with Crippen molar-refractivity contribution in [2.75, 3.05) is 18.8 Å². The predicted molar refractivity (Wildman–Crippen MR) is 142 cm³/mol. The standard InChI is InChI=1S/C29H26ClF2N5O/c1-29(2,32)25(21-10-17(14-33)11-24(31)13-21)22-15-37(16-22)26(18-6-8-23(30)9-7-18)19-4-3-5-20(12-19)27-35-36-28(34)38-27/h3-13,22,25-26H,15-16H2,1-2H3,(H2,34,36)/t25-,26+/m1/s1. The average Bonchev–Trinajstić information content (AvgIpc) is 3.29. The molecule has 2 atom stereocenters. The van der Waals surface area contributed by atoms with Gasteiger partial charge in [0.05, 0.1) is 17.7 Å². The van der Waals surface area contributed by atoms with Gasteiger partial charge >= 0.3 is 6.01 Å². The largest absolute Gasteiger partial charge is 0.404 e. The van der Waals surface area contributed by atoms with Gasteiger partial charge < -0.3 is 10.2 Å². The molecule has 1 aromatic heterocycles. The van der Waals surface area contributed by atoms with E-state index in [1.165, 1.54) is 26.0 Å². The first-order chi connectivity index (χ1) is 18.1. The number of aromatic nitrogens is 2. The summed E-state index contributed by atoms with van der Waals surface area (Å²) in [6.45, 7) is 4.16. The minimum Gasteiger partial charge on any atom is -0.404 e. The van der Waals surface area contributed by atoms with Crippen LogP contribution in [-0.4, -0.2) is 33.9 Å². The van der Waals surface area contributed by atoms with Gasteiger partial charge in [-0.3, -0.25) is 4.90 Å². The van der Waals surface area contributed by atoms with Gasteiger partial charge in [-0.2, -0.15) is 5.26 Å². The number of alkyl halides is 1. The molecule has 0 aliphatic carbocycles. The zero-order valence-electron chi connectivity index (χ0n) is 20.9. The number of nitrogens with zero attached hydrogens (tertiary/aromatic N) is 4. The number of benzene rings is 3. The van der Waals surface area contributed by atoms with E-state index in [2.05, 4.69) is 15.1 Å². The smallest absolute Gasteiger partial charge is 0.313 e. The number of halogens is 3. The second-order valence-electron chi connectivity index (χ2n) is 10.2. The highest BCUT2D eigenvalue weighted by molar-refractivity contribution is 6.30. The molecule has 0 amide bonds. The summed E-state index contributed by atoms with van der Waals surface area (Å²) in [5.74, 6) is -0.890. The first kappa shape index (κ1) is 25.8. The summed E-state index contributed by atoms with van der Waals surface area (Å²) in [5.41, 5.74) is 7.41. The summed E-state index contributed by atoms with van der Waals surface area (Å²) in [7, 11) is 0. The molecule has 6 nitrogen and oxygen atoms in total. The second kappa shape index (κ2) is 10.2. The van der Waals surface area contributed by atoms with Crippen LogP contribution in [0.25, 0.3) is 11.5 Å². The van der Waals surface area contributed by atoms with Crippen LogP contribution >= 0.6 is 11.6 Å². The van der Waals surface area contributed by atoms with E-state index in [1.807, 2.05) is 54.6 Å². The fraction of sp³-hybridized carbons (Fsp3) is 0.276. The van der Waals surface area contributed by atoms with Crippen LogP contribution in [0.4, 0.5) is 14.8 Å².